The fourth-order valence-corrected chi connectivity index (χ4v) is 1.80. The second-order valence-electron chi connectivity index (χ2n) is 5.13. The largest absolute Gasteiger partial charge is 0.478 e. The number of esters is 1. The fraction of sp³-hybridized carbons (Fsp3) is 0.143. The van der Waals surface area contributed by atoms with Gasteiger partial charge in [-0.1, -0.05) is 80.7 Å². The van der Waals surface area contributed by atoms with Gasteiger partial charge in [-0.3, -0.25) is 0 Å². The Kier molecular flexibility index (Phi) is 8.44. The maximum Gasteiger partial charge on any atom is 0.338 e. The maximum absolute atomic E-state index is 11.4. The van der Waals surface area contributed by atoms with E-state index in [9.17, 15) is 9.59 Å². The van der Waals surface area contributed by atoms with E-state index in [0.29, 0.717) is 17.7 Å². The number of aliphatic carboxylic acids is 1. The number of ether oxygens (including phenoxy) is 1. The van der Waals surface area contributed by atoms with Crippen LogP contribution in [-0.4, -0.2) is 23.7 Å². The molecule has 0 spiro atoms. The van der Waals surface area contributed by atoms with Crippen molar-refractivity contribution in [2.75, 3.05) is 6.61 Å². The van der Waals surface area contributed by atoms with Gasteiger partial charge < -0.3 is 9.84 Å². The first kappa shape index (κ1) is 19.9. The van der Waals surface area contributed by atoms with Crippen molar-refractivity contribution in [3.05, 3.63) is 84.9 Å². The second kappa shape index (κ2) is 10.6. The Hall–Kier alpha value is -3.14. The van der Waals surface area contributed by atoms with E-state index in [0.717, 1.165) is 12.0 Å². The van der Waals surface area contributed by atoms with E-state index in [4.69, 9.17) is 9.84 Å². The molecule has 25 heavy (non-hydrogen) atoms. The minimum absolute atomic E-state index is 0.130. The van der Waals surface area contributed by atoms with Crippen LogP contribution in [0.1, 0.15) is 24.5 Å². The normalized spacial score (nSPS) is 9.32. The number of hydrogen-bond donors (Lipinski definition) is 1. The van der Waals surface area contributed by atoms with Gasteiger partial charge in [-0.25, -0.2) is 9.59 Å². The summed E-state index contributed by atoms with van der Waals surface area (Å²) in [5, 5.41) is 8.54. The Morgan fingerprint density at radius 2 is 1.32 bits per heavy atom. The summed E-state index contributed by atoms with van der Waals surface area (Å²) in [5.41, 5.74) is 2.01. The van der Waals surface area contributed by atoms with E-state index in [2.05, 4.69) is 13.2 Å². The van der Waals surface area contributed by atoms with Gasteiger partial charge in [0, 0.05) is 0 Å². The predicted octanol–water partition coefficient (Wildman–Crippen LogP) is 4.44. The van der Waals surface area contributed by atoms with Crippen LogP contribution >= 0.6 is 0 Å². The van der Waals surface area contributed by atoms with Crippen LogP contribution in [0.2, 0.25) is 0 Å². The van der Waals surface area contributed by atoms with Crippen LogP contribution in [0.5, 0.6) is 0 Å². The highest BCUT2D eigenvalue weighted by Crippen LogP contribution is 2.13. The lowest BCUT2D eigenvalue weighted by Crippen LogP contribution is -2.06. The summed E-state index contributed by atoms with van der Waals surface area (Å²) in [6.45, 7) is 9.53. The molecule has 0 bridgehead atoms. The third-order valence-electron chi connectivity index (χ3n) is 3.19. The van der Waals surface area contributed by atoms with Crippen LogP contribution in [0.3, 0.4) is 0 Å². The van der Waals surface area contributed by atoms with Crippen molar-refractivity contribution in [3.8, 4) is 0 Å². The molecule has 4 nitrogen and oxygen atoms in total. The van der Waals surface area contributed by atoms with Gasteiger partial charge in [-0.05, 0) is 17.5 Å². The quantitative estimate of drug-likeness (QED) is 0.625. The molecule has 130 valence electrons. The van der Waals surface area contributed by atoms with Crippen molar-refractivity contribution in [1.29, 1.82) is 0 Å². The van der Waals surface area contributed by atoms with E-state index in [1.54, 1.807) is 24.3 Å². The molecule has 2 rings (SSSR count). The first-order valence-electron chi connectivity index (χ1n) is 7.86. The van der Waals surface area contributed by atoms with E-state index in [1.807, 2.05) is 43.3 Å². The number of hydrogen-bond acceptors (Lipinski definition) is 3. The Balaban J connectivity index is 0.000000257. The molecule has 1 N–H and O–H groups in total. The van der Waals surface area contributed by atoms with Crippen LogP contribution < -0.4 is 0 Å². The molecule has 0 aliphatic heterocycles. The number of carboxylic acid groups (broad SMARTS) is 1. The van der Waals surface area contributed by atoms with Crippen molar-refractivity contribution in [2.24, 2.45) is 0 Å². The molecule has 0 radical (unpaired) electrons. The lowest BCUT2D eigenvalue weighted by atomic mass is 10.1. The van der Waals surface area contributed by atoms with Crippen molar-refractivity contribution in [1.82, 2.24) is 0 Å². The first-order chi connectivity index (χ1) is 12.0. The fourth-order valence-electron chi connectivity index (χ4n) is 1.80. The third-order valence-corrected chi connectivity index (χ3v) is 3.19. The molecule has 0 fully saturated rings. The standard InChI is InChI=1S/C12H14O2.C9H8O2/c1-3-9-14-12(13)10(2)11-7-5-4-6-8-11;1-7(9(10)11)8-5-3-2-4-6-8/h4-8H,2-3,9H2,1H3;2-6H,1H2,(H,10,11). The topological polar surface area (TPSA) is 63.6 Å². The predicted molar refractivity (Wildman–Crippen MR) is 99.8 cm³/mol. The molecule has 0 heterocycles. The molecule has 0 aromatic heterocycles. The van der Waals surface area contributed by atoms with Gasteiger partial charge in [0.25, 0.3) is 0 Å². The highest BCUT2D eigenvalue weighted by atomic mass is 16.5. The minimum atomic E-state index is -0.976. The number of rotatable bonds is 6. The number of benzene rings is 2. The first-order valence-corrected chi connectivity index (χ1v) is 7.86. The van der Waals surface area contributed by atoms with Gasteiger partial charge in [0.1, 0.15) is 0 Å². The molecule has 0 saturated carbocycles. The van der Waals surface area contributed by atoms with Gasteiger partial charge in [0.15, 0.2) is 0 Å². The van der Waals surface area contributed by atoms with Crippen molar-refractivity contribution in [2.45, 2.75) is 13.3 Å². The molecular formula is C21H22O4. The van der Waals surface area contributed by atoms with Gasteiger partial charge in [0.05, 0.1) is 17.8 Å². The number of carboxylic acids is 1. The van der Waals surface area contributed by atoms with Crippen LogP contribution in [0.25, 0.3) is 11.1 Å². The highest BCUT2D eigenvalue weighted by molar-refractivity contribution is 6.15. The number of carbonyl (C=O) groups excluding carboxylic acids is 1. The van der Waals surface area contributed by atoms with E-state index in [1.165, 1.54) is 0 Å². The van der Waals surface area contributed by atoms with E-state index < -0.39 is 5.97 Å². The van der Waals surface area contributed by atoms with Crippen LogP contribution in [0.4, 0.5) is 0 Å². The van der Waals surface area contributed by atoms with E-state index >= 15 is 0 Å². The zero-order valence-electron chi connectivity index (χ0n) is 14.3. The Labute approximate surface area is 148 Å². The van der Waals surface area contributed by atoms with Gasteiger partial charge in [0.2, 0.25) is 0 Å². The summed E-state index contributed by atoms with van der Waals surface area (Å²) in [7, 11) is 0. The molecular weight excluding hydrogens is 316 g/mol. The summed E-state index contributed by atoms with van der Waals surface area (Å²) in [5.74, 6) is -1.31. The monoisotopic (exact) mass is 338 g/mol. The summed E-state index contributed by atoms with van der Waals surface area (Å²) in [4.78, 5) is 21.8. The highest BCUT2D eigenvalue weighted by Gasteiger charge is 2.09. The Morgan fingerprint density at radius 1 is 0.880 bits per heavy atom. The lowest BCUT2D eigenvalue weighted by molar-refractivity contribution is -0.136. The van der Waals surface area contributed by atoms with Gasteiger partial charge in [-0.2, -0.15) is 0 Å². The van der Waals surface area contributed by atoms with Crippen LogP contribution in [0, 0.1) is 0 Å². The molecule has 0 atom stereocenters. The SMILES string of the molecule is C=C(C(=O)O)c1ccccc1.C=C(C(=O)OCCC)c1ccccc1. The molecule has 4 heteroatoms. The number of carbonyl (C=O) groups is 2. The molecule has 0 unspecified atom stereocenters. The third kappa shape index (κ3) is 6.87. The Bertz CT molecular complexity index is 718. The summed E-state index contributed by atoms with van der Waals surface area (Å²) in [6, 6.07) is 18.2. The second-order valence-corrected chi connectivity index (χ2v) is 5.13. The zero-order chi connectivity index (χ0) is 18.7. The van der Waals surface area contributed by atoms with Crippen LogP contribution in [-0.2, 0) is 14.3 Å². The minimum Gasteiger partial charge on any atom is -0.478 e. The van der Waals surface area contributed by atoms with Crippen molar-refractivity contribution >= 4 is 23.1 Å². The zero-order valence-corrected chi connectivity index (χ0v) is 14.3. The molecule has 0 aliphatic rings. The molecule has 2 aromatic rings. The summed E-state index contributed by atoms with van der Waals surface area (Å²) >= 11 is 0. The Morgan fingerprint density at radius 3 is 1.72 bits per heavy atom. The van der Waals surface area contributed by atoms with Crippen molar-refractivity contribution in [3.63, 3.8) is 0 Å². The van der Waals surface area contributed by atoms with Gasteiger partial charge >= 0.3 is 11.9 Å². The molecule has 0 amide bonds. The lowest BCUT2D eigenvalue weighted by Gasteiger charge is -2.05. The molecule has 0 aliphatic carbocycles. The average molecular weight is 338 g/mol. The molecule has 2 aromatic carbocycles. The molecule has 0 saturated heterocycles. The smallest absolute Gasteiger partial charge is 0.338 e. The average Bonchev–Trinajstić information content (AvgIpc) is 2.66. The maximum atomic E-state index is 11.4. The van der Waals surface area contributed by atoms with Crippen molar-refractivity contribution < 1.29 is 19.4 Å². The van der Waals surface area contributed by atoms with E-state index in [-0.39, 0.29) is 11.5 Å². The van der Waals surface area contributed by atoms with Gasteiger partial charge in [-0.15, -0.1) is 0 Å². The summed E-state index contributed by atoms with van der Waals surface area (Å²) in [6.07, 6.45) is 0.827. The van der Waals surface area contributed by atoms with Crippen LogP contribution in [0.15, 0.2) is 73.8 Å². The summed E-state index contributed by atoms with van der Waals surface area (Å²) < 4.78 is 4.97.